The number of anilines is 1. The van der Waals surface area contributed by atoms with Gasteiger partial charge >= 0.3 is 5.97 Å². The molecule has 1 saturated heterocycles. The Hall–Kier alpha value is -5.59. The molecule has 4 aliphatic rings. The van der Waals surface area contributed by atoms with Crippen molar-refractivity contribution in [2.24, 2.45) is 0 Å². The zero-order valence-corrected chi connectivity index (χ0v) is 37.9. The largest absolute Gasteiger partial charge is 0.744 e. The van der Waals surface area contributed by atoms with Crippen LogP contribution < -0.4 is 10.1 Å². The number of hydroxylamine groups is 2. The molecule has 0 radical (unpaired) electrons. The van der Waals surface area contributed by atoms with E-state index in [0.717, 1.165) is 73.2 Å². The summed E-state index contributed by atoms with van der Waals surface area (Å²) in [4.78, 5) is 41.0. The Morgan fingerprint density at radius 3 is 2.29 bits per heavy atom. The second-order valence-corrected chi connectivity index (χ2v) is 19.3. The van der Waals surface area contributed by atoms with E-state index in [1.165, 1.54) is 59.5 Å². The van der Waals surface area contributed by atoms with Crippen molar-refractivity contribution in [2.75, 3.05) is 11.9 Å². The summed E-state index contributed by atoms with van der Waals surface area (Å²) >= 11 is 0. The fourth-order valence-electron chi connectivity index (χ4n) is 9.14. The van der Waals surface area contributed by atoms with Gasteiger partial charge in [-0.3, -0.25) is 9.59 Å². The van der Waals surface area contributed by atoms with Gasteiger partial charge in [-0.05, 0) is 117 Å². The van der Waals surface area contributed by atoms with Crippen LogP contribution in [0.15, 0.2) is 119 Å². The van der Waals surface area contributed by atoms with Crippen molar-refractivity contribution in [3.8, 4) is 5.75 Å². The maximum atomic E-state index is 12.4. The lowest BCUT2D eigenvalue weighted by atomic mass is 9.81. The quantitative estimate of drug-likeness (QED) is 0.0606. The second-order valence-electron chi connectivity index (χ2n) is 17.9. The fourth-order valence-corrected chi connectivity index (χ4v) is 9.61. The molecule has 1 N–H and O–H groups in total. The van der Waals surface area contributed by atoms with E-state index in [-0.39, 0.29) is 35.0 Å². The summed E-state index contributed by atoms with van der Waals surface area (Å²) in [6, 6.07) is 20.6. The summed E-state index contributed by atoms with van der Waals surface area (Å²) in [5.41, 5.74) is 9.83. The summed E-state index contributed by atoms with van der Waals surface area (Å²) in [5, 5.41) is 4.39. The number of hydrogen-bond donors (Lipinski definition) is 1. The van der Waals surface area contributed by atoms with Crippen molar-refractivity contribution >= 4 is 45.0 Å². The van der Waals surface area contributed by atoms with E-state index in [1.54, 1.807) is 0 Å². The van der Waals surface area contributed by atoms with Crippen molar-refractivity contribution in [3.63, 3.8) is 0 Å². The first-order valence-electron chi connectivity index (χ1n) is 22.4. The lowest BCUT2D eigenvalue weighted by Crippen LogP contribution is -2.31. The third kappa shape index (κ3) is 9.97. The number of benzene rings is 3. The molecule has 0 spiro atoms. The SMILES string of the molecule is CCCCCc1cccc2c1N/C(=C/C=C1CCCC(/C=C/C3=[N+](CCCCCC(=O)ON4C(=O)CCC4=O)c4ccccc4C3(C)C)=C1Oc1ccc(S(=O)(=O)[O-])cc1)C2(C)C. The van der Waals surface area contributed by atoms with Crippen molar-refractivity contribution < 1.29 is 41.5 Å². The van der Waals surface area contributed by atoms with E-state index in [9.17, 15) is 27.4 Å². The molecule has 63 heavy (non-hydrogen) atoms. The number of para-hydroxylation sites is 2. The average Bonchev–Trinajstić information content (AvgIpc) is 3.79. The van der Waals surface area contributed by atoms with Gasteiger partial charge in [-0.1, -0.05) is 76.1 Å². The smallest absolute Gasteiger partial charge is 0.333 e. The molecule has 11 nitrogen and oxygen atoms in total. The van der Waals surface area contributed by atoms with Gasteiger partial charge in [0.15, 0.2) is 5.71 Å². The minimum atomic E-state index is -4.62. The number of unbranched alkanes of at least 4 members (excludes halogenated alkanes) is 4. The molecule has 2 amide bonds. The van der Waals surface area contributed by atoms with Gasteiger partial charge in [-0.2, -0.15) is 4.58 Å². The van der Waals surface area contributed by atoms with Crippen LogP contribution in [0.2, 0.25) is 0 Å². The second kappa shape index (κ2) is 19.0. The highest BCUT2D eigenvalue weighted by atomic mass is 32.2. The van der Waals surface area contributed by atoms with E-state index in [1.807, 2.05) is 6.07 Å². The van der Waals surface area contributed by atoms with Crippen LogP contribution in [0.4, 0.5) is 11.4 Å². The fraction of sp³-hybridized carbons (Fsp3) is 0.412. The average molecular weight is 874 g/mol. The number of hydrogen-bond acceptors (Lipinski definition) is 9. The van der Waals surface area contributed by atoms with Gasteiger partial charge in [0.05, 0.1) is 10.3 Å². The first kappa shape index (κ1) is 45.4. The number of aryl methyl sites for hydroxylation is 1. The number of imide groups is 1. The van der Waals surface area contributed by atoms with Gasteiger partial charge < -0.3 is 19.4 Å². The zero-order valence-electron chi connectivity index (χ0n) is 37.1. The number of amides is 2. The van der Waals surface area contributed by atoms with Crippen molar-refractivity contribution in [1.29, 1.82) is 0 Å². The number of nitrogens with zero attached hydrogens (tertiary/aromatic N) is 2. The summed E-state index contributed by atoms with van der Waals surface area (Å²) in [5.74, 6) is -0.427. The Balaban J connectivity index is 1.18. The first-order valence-corrected chi connectivity index (χ1v) is 23.8. The first-order chi connectivity index (χ1) is 30.1. The van der Waals surface area contributed by atoms with E-state index in [2.05, 4.69) is 105 Å². The molecule has 3 aliphatic heterocycles. The third-order valence-electron chi connectivity index (χ3n) is 12.8. The number of rotatable bonds is 17. The molecule has 0 atom stereocenters. The van der Waals surface area contributed by atoms with Gasteiger partial charge in [0.25, 0.3) is 11.8 Å². The summed E-state index contributed by atoms with van der Waals surface area (Å²) in [6.07, 6.45) is 17.9. The van der Waals surface area contributed by atoms with Gasteiger partial charge in [0, 0.05) is 60.2 Å². The molecule has 0 aromatic heterocycles. The molecule has 0 saturated carbocycles. The van der Waals surface area contributed by atoms with Crippen LogP contribution in [-0.4, -0.2) is 52.6 Å². The van der Waals surface area contributed by atoms with Crippen molar-refractivity contribution in [2.45, 2.75) is 134 Å². The summed E-state index contributed by atoms with van der Waals surface area (Å²) in [6.45, 7) is 11.9. The molecule has 3 aromatic carbocycles. The predicted molar refractivity (Wildman–Crippen MR) is 242 cm³/mol. The number of carbonyl (C=O) groups excluding carboxylic acids is 3. The number of allylic oxidation sites excluding steroid dienone is 7. The van der Waals surface area contributed by atoms with Crippen molar-refractivity contribution in [3.05, 3.63) is 130 Å². The predicted octanol–water partition coefficient (Wildman–Crippen LogP) is 10.2. The van der Waals surface area contributed by atoms with E-state index < -0.39 is 27.9 Å². The normalized spacial score (nSPS) is 19.4. The van der Waals surface area contributed by atoms with Gasteiger partial charge in [0.1, 0.15) is 28.2 Å². The number of nitrogens with one attached hydrogen (secondary N) is 1. The molecule has 332 valence electrons. The molecular formula is C51H59N3O8S. The number of ether oxygens (including phenoxy) is 1. The molecule has 0 bridgehead atoms. The Kier molecular flexibility index (Phi) is 13.7. The van der Waals surface area contributed by atoms with Gasteiger partial charge in [0.2, 0.25) is 5.69 Å². The summed E-state index contributed by atoms with van der Waals surface area (Å²) in [7, 11) is -4.62. The molecule has 7 rings (SSSR count). The van der Waals surface area contributed by atoms with Gasteiger partial charge in [-0.25, -0.2) is 13.2 Å². The Morgan fingerprint density at radius 1 is 0.825 bits per heavy atom. The monoisotopic (exact) mass is 873 g/mol. The molecule has 3 aromatic rings. The van der Waals surface area contributed by atoms with Crippen LogP contribution in [0.1, 0.15) is 128 Å². The van der Waals surface area contributed by atoms with Crippen LogP contribution in [0.3, 0.4) is 0 Å². The van der Waals surface area contributed by atoms with Gasteiger partial charge in [-0.15, -0.1) is 5.06 Å². The zero-order chi connectivity index (χ0) is 44.9. The van der Waals surface area contributed by atoms with Crippen LogP contribution in [-0.2, 0) is 46.6 Å². The Bertz CT molecular complexity index is 2530. The highest BCUT2D eigenvalue weighted by Crippen LogP contribution is 2.46. The topological polar surface area (TPSA) is 145 Å². The molecular weight excluding hydrogens is 815 g/mol. The minimum Gasteiger partial charge on any atom is -0.744 e. The molecule has 1 fully saturated rings. The lowest BCUT2D eigenvalue weighted by Gasteiger charge is -2.23. The van der Waals surface area contributed by atoms with Crippen molar-refractivity contribution in [1.82, 2.24) is 5.06 Å². The maximum absolute atomic E-state index is 12.4. The molecule has 3 heterocycles. The summed E-state index contributed by atoms with van der Waals surface area (Å²) < 4.78 is 44.3. The lowest BCUT2D eigenvalue weighted by molar-refractivity contribution is -0.438. The van der Waals surface area contributed by atoms with Crippen LogP contribution in [0.5, 0.6) is 5.75 Å². The third-order valence-corrected chi connectivity index (χ3v) is 13.6. The maximum Gasteiger partial charge on any atom is 0.333 e. The van der Waals surface area contributed by atoms with Crippen LogP contribution in [0.25, 0.3) is 0 Å². The van der Waals surface area contributed by atoms with Crippen LogP contribution in [0, 0.1) is 0 Å². The molecule has 12 heteroatoms. The van der Waals surface area contributed by atoms with Crippen LogP contribution >= 0.6 is 0 Å². The molecule has 1 aliphatic carbocycles. The minimum absolute atomic E-state index is 0.0616. The Labute approximate surface area is 372 Å². The number of fused-ring (bicyclic) bond motifs is 2. The number of carbonyl (C=O) groups is 3. The molecule has 0 unspecified atom stereocenters. The standard InChI is InChI=1S/C51H59N3O8S/c1-6-7-9-16-35-17-15-21-41-48(35)52-43(50(41,2)3)30-24-36-18-14-19-37(49(36)61-38-26-28-39(29-27-38)63(58,59)60)25-31-44-51(4,5)40-20-11-12-22-42(40)53(44)34-13-8-10-23-47(57)62-54-45(55)32-33-46(54)56/h11-12,15,17,20-22,24-31H,6-10,13-14,16,18-19,23,32-34H2,1-5H3,(H,58,59,60). The van der Waals surface area contributed by atoms with E-state index in [4.69, 9.17) is 9.57 Å². The highest BCUT2D eigenvalue weighted by Gasteiger charge is 2.44. The van der Waals surface area contributed by atoms with E-state index >= 15 is 0 Å². The Morgan fingerprint density at radius 2 is 1.56 bits per heavy atom. The highest BCUT2D eigenvalue weighted by molar-refractivity contribution is 7.85. The van der Waals surface area contributed by atoms with E-state index in [0.29, 0.717) is 29.5 Å².